The molecule has 0 unspecified atom stereocenters. The highest BCUT2D eigenvalue weighted by molar-refractivity contribution is 5.61. The molecule has 0 aromatic carbocycles. The quantitative estimate of drug-likeness (QED) is 0.333. The van der Waals surface area contributed by atoms with Crippen LogP contribution in [0.3, 0.4) is 0 Å². The molecule has 4 heteroatoms. The van der Waals surface area contributed by atoms with Gasteiger partial charge in [-0.3, -0.25) is 0 Å². The molecular weight excluding hydrogens is 422 g/mol. The van der Waals surface area contributed by atoms with E-state index in [0.29, 0.717) is 42.4 Å². The SMILES string of the molecule is C=C1CC[C@@H]2[C@H]([C@@H]3C[C@@H](C4CCCCC4)C[C@H]13)[C@@]2([C@H]1CCC[C@H]([C@H](O)CCCO)C1)[C@@H](N)C=O. The number of hydrogen-bond donors (Lipinski definition) is 3. The van der Waals surface area contributed by atoms with Crippen molar-refractivity contribution in [2.24, 2.45) is 58.5 Å². The molecule has 5 rings (SSSR count). The van der Waals surface area contributed by atoms with E-state index in [0.717, 1.165) is 56.6 Å². The van der Waals surface area contributed by atoms with Crippen LogP contribution in [0, 0.1) is 52.8 Å². The second kappa shape index (κ2) is 10.3. The predicted molar refractivity (Wildman–Crippen MR) is 136 cm³/mol. The Labute approximate surface area is 207 Å². The van der Waals surface area contributed by atoms with E-state index in [-0.39, 0.29) is 30.1 Å². The highest BCUT2D eigenvalue weighted by atomic mass is 16.3. The van der Waals surface area contributed by atoms with Crippen LogP contribution in [-0.2, 0) is 4.79 Å². The van der Waals surface area contributed by atoms with Gasteiger partial charge in [0.25, 0.3) is 0 Å². The summed E-state index contributed by atoms with van der Waals surface area (Å²) in [5.41, 5.74) is 8.20. The van der Waals surface area contributed by atoms with E-state index < -0.39 is 0 Å². The highest BCUT2D eigenvalue weighted by Gasteiger charge is 2.73. The number of carbonyl (C=O) groups is 1. The zero-order valence-electron chi connectivity index (χ0n) is 21.3. The van der Waals surface area contributed by atoms with Crippen LogP contribution in [0.25, 0.3) is 0 Å². The number of allylic oxidation sites excluding steroid dienone is 1. The van der Waals surface area contributed by atoms with Gasteiger partial charge in [0, 0.05) is 12.0 Å². The Bertz CT molecular complexity index is 733. The molecule has 5 aliphatic carbocycles. The molecule has 0 aliphatic heterocycles. The molecule has 0 saturated heterocycles. The summed E-state index contributed by atoms with van der Waals surface area (Å²) in [5.74, 6) is 4.92. The fraction of sp³-hybridized carbons (Fsp3) is 0.900. The highest BCUT2D eigenvalue weighted by Crippen LogP contribution is 2.76. The zero-order chi connectivity index (χ0) is 23.9. The zero-order valence-corrected chi connectivity index (χ0v) is 21.3. The maximum Gasteiger partial charge on any atom is 0.137 e. The van der Waals surface area contributed by atoms with Gasteiger partial charge < -0.3 is 20.7 Å². The molecule has 192 valence electrons. The molecule has 34 heavy (non-hydrogen) atoms. The minimum Gasteiger partial charge on any atom is -0.396 e. The summed E-state index contributed by atoms with van der Waals surface area (Å²) >= 11 is 0. The topological polar surface area (TPSA) is 83.6 Å². The van der Waals surface area contributed by atoms with Crippen LogP contribution < -0.4 is 5.73 Å². The number of rotatable bonds is 8. The van der Waals surface area contributed by atoms with Crippen molar-refractivity contribution in [3.8, 4) is 0 Å². The Balaban J connectivity index is 1.38. The number of aliphatic hydroxyl groups excluding tert-OH is 2. The molecule has 10 atom stereocenters. The lowest BCUT2D eigenvalue weighted by molar-refractivity contribution is -0.111. The third-order valence-electron chi connectivity index (χ3n) is 11.6. The van der Waals surface area contributed by atoms with Crippen molar-refractivity contribution in [3.05, 3.63) is 12.2 Å². The van der Waals surface area contributed by atoms with E-state index in [9.17, 15) is 15.0 Å². The monoisotopic (exact) mass is 471 g/mol. The van der Waals surface area contributed by atoms with E-state index >= 15 is 0 Å². The Kier molecular flexibility index (Phi) is 7.59. The Morgan fingerprint density at radius 1 is 1.03 bits per heavy atom. The maximum absolute atomic E-state index is 12.3. The van der Waals surface area contributed by atoms with Crippen molar-refractivity contribution >= 4 is 6.29 Å². The largest absolute Gasteiger partial charge is 0.396 e. The molecule has 0 aromatic heterocycles. The first-order valence-corrected chi connectivity index (χ1v) is 14.7. The van der Waals surface area contributed by atoms with Gasteiger partial charge in [-0.25, -0.2) is 0 Å². The van der Waals surface area contributed by atoms with Gasteiger partial charge in [0.1, 0.15) is 6.29 Å². The van der Waals surface area contributed by atoms with Crippen LogP contribution >= 0.6 is 0 Å². The molecule has 0 amide bonds. The van der Waals surface area contributed by atoms with Gasteiger partial charge in [0.2, 0.25) is 0 Å². The lowest BCUT2D eigenvalue weighted by Crippen LogP contribution is -2.44. The van der Waals surface area contributed by atoms with E-state index in [1.54, 1.807) is 0 Å². The minimum absolute atomic E-state index is 0.0534. The van der Waals surface area contributed by atoms with Gasteiger partial charge in [-0.15, -0.1) is 0 Å². The maximum atomic E-state index is 12.3. The summed E-state index contributed by atoms with van der Waals surface area (Å²) in [6.07, 6.45) is 18.4. The summed E-state index contributed by atoms with van der Waals surface area (Å²) in [5, 5.41) is 20.1. The number of aldehydes is 1. The molecule has 0 heterocycles. The van der Waals surface area contributed by atoms with Gasteiger partial charge in [-0.2, -0.15) is 0 Å². The second-order valence-electron chi connectivity index (χ2n) is 12.9. The van der Waals surface area contributed by atoms with E-state index in [1.807, 2.05) is 0 Å². The first-order valence-electron chi connectivity index (χ1n) is 14.7. The first kappa shape index (κ1) is 25.0. The summed E-state index contributed by atoms with van der Waals surface area (Å²) in [7, 11) is 0. The van der Waals surface area contributed by atoms with Crippen LogP contribution in [0.5, 0.6) is 0 Å². The molecule has 0 radical (unpaired) electrons. The molecule has 0 bridgehead atoms. The molecule has 0 spiro atoms. The molecule has 4 nitrogen and oxygen atoms in total. The van der Waals surface area contributed by atoms with Crippen molar-refractivity contribution in [1.82, 2.24) is 0 Å². The van der Waals surface area contributed by atoms with Crippen LogP contribution in [0.4, 0.5) is 0 Å². The summed E-state index contributed by atoms with van der Waals surface area (Å²) in [4.78, 5) is 12.3. The van der Waals surface area contributed by atoms with E-state index in [4.69, 9.17) is 5.73 Å². The Morgan fingerprint density at radius 3 is 2.56 bits per heavy atom. The lowest BCUT2D eigenvalue weighted by Gasteiger charge is -2.41. The average Bonchev–Trinajstić information content (AvgIpc) is 3.39. The number of hydrogen-bond acceptors (Lipinski definition) is 4. The minimum atomic E-state index is -0.374. The smallest absolute Gasteiger partial charge is 0.137 e. The molecule has 5 aliphatic rings. The van der Waals surface area contributed by atoms with E-state index in [2.05, 4.69) is 6.58 Å². The summed E-state index contributed by atoms with van der Waals surface area (Å²) in [6.45, 7) is 4.73. The van der Waals surface area contributed by atoms with E-state index in [1.165, 1.54) is 50.5 Å². The summed E-state index contributed by atoms with van der Waals surface area (Å²) < 4.78 is 0. The molecule has 5 saturated carbocycles. The van der Waals surface area contributed by atoms with Gasteiger partial charge in [0.15, 0.2) is 0 Å². The van der Waals surface area contributed by atoms with Crippen LogP contribution in [0.1, 0.15) is 96.3 Å². The van der Waals surface area contributed by atoms with Gasteiger partial charge in [-0.05, 0) is 105 Å². The first-order chi connectivity index (χ1) is 16.5. The second-order valence-corrected chi connectivity index (χ2v) is 12.9. The van der Waals surface area contributed by atoms with Crippen LogP contribution in [0.2, 0.25) is 0 Å². The van der Waals surface area contributed by atoms with Gasteiger partial charge in [-0.1, -0.05) is 50.7 Å². The molecule has 5 fully saturated rings. The molecular formula is C30H49NO3. The fourth-order valence-electron chi connectivity index (χ4n) is 10.1. The third-order valence-corrected chi connectivity index (χ3v) is 11.6. The van der Waals surface area contributed by atoms with Crippen molar-refractivity contribution in [1.29, 1.82) is 0 Å². The Morgan fingerprint density at radius 2 is 1.82 bits per heavy atom. The third kappa shape index (κ3) is 4.24. The van der Waals surface area contributed by atoms with Crippen molar-refractivity contribution in [2.45, 2.75) is 108 Å². The number of aliphatic hydroxyl groups is 2. The molecule has 0 aromatic rings. The average molecular weight is 472 g/mol. The Hall–Kier alpha value is -0.710. The van der Waals surface area contributed by atoms with Gasteiger partial charge >= 0.3 is 0 Å². The van der Waals surface area contributed by atoms with Crippen molar-refractivity contribution < 1.29 is 15.0 Å². The summed E-state index contributed by atoms with van der Waals surface area (Å²) in [6, 6.07) is -0.374. The normalized spacial score (nSPS) is 44.6. The van der Waals surface area contributed by atoms with Gasteiger partial charge in [0.05, 0.1) is 12.1 Å². The number of nitrogens with two attached hydrogens (primary N) is 1. The lowest BCUT2D eigenvalue weighted by atomic mass is 9.65. The molecule has 4 N–H and O–H groups in total. The van der Waals surface area contributed by atoms with Crippen molar-refractivity contribution in [3.63, 3.8) is 0 Å². The van der Waals surface area contributed by atoms with Crippen LogP contribution in [0.15, 0.2) is 12.2 Å². The van der Waals surface area contributed by atoms with Crippen LogP contribution in [-0.4, -0.2) is 35.3 Å². The predicted octanol–water partition coefficient (Wildman–Crippen LogP) is 5.26. The number of carbonyl (C=O) groups excluding carboxylic acids is 1. The van der Waals surface area contributed by atoms with Crippen molar-refractivity contribution in [2.75, 3.05) is 6.61 Å². The fourth-order valence-corrected chi connectivity index (χ4v) is 10.1. The number of fused-ring (bicyclic) bond motifs is 3. The standard InChI is InChI=1S/C30H49NO3/c1-19-12-13-26-29(25-17-22(16-24(19)25)20-7-3-2-4-8-20)30(26,28(31)18-33)23-10-5-9-21(15-23)27(34)11-6-14-32/h18,20-29,32,34H,1-17,31H2/t21-,22-,23-,24+,25+,26+,27+,28-,29-,30+/m0/s1.